The quantitative estimate of drug-likeness (QED) is 0.513. The fourth-order valence-corrected chi connectivity index (χ4v) is 3.05. The van der Waals surface area contributed by atoms with Crippen LogP contribution in [0.25, 0.3) is 28.3 Å². The lowest BCUT2D eigenvalue weighted by Crippen LogP contribution is -2.08. The number of nitrogens with zero attached hydrogens (tertiary/aromatic N) is 6. The largest absolute Gasteiger partial charge is 0.323 e. The van der Waals surface area contributed by atoms with E-state index in [-0.39, 0.29) is 10.7 Å². The molecule has 0 unspecified atom stereocenters. The SMILES string of the molecule is N#Cc1cnc2ccc(-c3c(-c4ccc(F)c(Cl)c4)ncn3CC(F)F)nn12. The molecule has 3 aromatic heterocycles. The van der Waals surface area contributed by atoms with Gasteiger partial charge in [0, 0.05) is 5.56 Å². The summed E-state index contributed by atoms with van der Waals surface area (Å²) >= 11 is 5.86. The van der Waals surface area contributed by atoms with Crippen molar-refractivity contribution in [1.82, 2.24) is 24.1 Å². The zero-order valence-corrected chi connectivity index (χ0v) is 14.8. The summed E-state index contributed by atoms with van der Waals surface area (Å²) in [5.74, 6) is -0.601. The Balaban J connectivity index is 1.94. The summed E-state index contributed by atoms with van der Waals surface area (Å²) in [5.41, 5.74) is 1.99. The number of nitriles is 1. The highest BCUT2D eigenvalue weighted by molar-refractivity contribution is 6.31. The maximum Gasteiger partial charge on any atom is 0.256 e. The normalized spacial score (nSPS) is 11.3. The molecule has 0 aliphatic carbocycles. The molecule has 0 spiro atoms. The molecule has 0 aliphatic rings. The van der Waals surface area contributed by atoms with E-state index in [9.17, 15) is 18.4 Å². The smallest absolute Gasteiger partial charge is 0.256 e. The van der Waals surface area contributed by atoms with E-state index in [1.807, 2.05) is 6.07 Å². The van der Waals surface area contributed by atoms with Gasteiger partial charge in [-0.15, -0.1) is 0 Å². The second-order valence-corrected chi connectivity index (χ2v) is 6.27. The summed E-state index contributed by atoms with van der Waals surface area (Å²) in [4.78, 5) is 8.28. The highest BCUT2D eigenvalue weighted by Gasteiger charge is 2.20. The van der Waals surface area contributed by atoms with Crippen LogP contribution in [0.1, 0.15) is 5.69 Å². The van der Waals surface area contributed by atoms with Gasteiger partial charge in [0.05, 0.1) is 35.5 Å². The number of halogens is 4. The zero-order valence-electron chi connectivity index (χ0n) is 14.0. The Bertz CT molecular complexity index is 1220. The molecule has 0 amide bonds. The molecular formula is C18H10ClF3N6. The van der Waals surface area contributed by atoms with Crippen molar-refractivity contribution in [3.8, 4) is 28.7 Å². The number of alkyl halides is 2. The topological polar surface area (TPSA) is 71.8 Å². The molecule has 3 heterocycles. The van der Waals surface area contributed by atoms with Crippen molar-refractivity contribution < 1.29 is 13.2 Å². The van der Waals surface area contributed by atoms with Gasteiger partial charge in [0.15, 0.2) is 11.3 Å². The highest BCUT2D eigenvalue weighted by atomic mass is 35.5. The number of fused-ring (bicyclic) bond motifs is 1. The third kappa shape index (κ3) is 3.08. The van der Waals surface area contributed by atoms with Gasteiger partial charge in [-0.1, -0.05) is 11.6 Å². The molecule has 6 nitrogen and oxygen atoms in total. The van der Waals surface area contributed by atoms with Crippen LogP contribution < -0.4 is 0 Å². The number of hydrogen-bond donors (Lipinski definition) is 0. The molecule has 0 fully saturated rings. The van der Waals surface area contributed by atoms with Gasteiger partial charge in [-0.2, -0.15) is 10.4 Å². The van der Waals surface area contributed by atoms with E-state index in [1.54, 1.807) is 12.1 Å². The van der Waals surface area contributed by atoms with Crippen molar-refractivity contribution in [2.24, 2.45) is 0 Å². The van der Waals surface area contributed by atoms with Gasteiger partial charge in [0.25, 0.3) is 6.43 Å². The molecule has 4 rings (SSSR count). The van der Waals surface area contributed by atoms with Crippen molar-refractivity contribution >= 4 is 17.2 Å². The maximum atomic E-state index is 13.5. The maximum absolute atomic E-state index is 13.5. The number of benzene rings is 1. The minimum absolute atomic E-state index is 0.114. The van der Waals surface area contributed by atoms with E-state index in [0.29, 0.717) is 28.3 Å². The Kier molecular flexibility index (Phi) is 4.49. The monoisotopic (exact) mass is 402 g/mol. The lowest BCUT2D eigenvalue weighted by atomic mass is 10.1. The fraction of sp³-hybridized carbons (Fsp3) is 0.111. The molecule has 0 aliphatic heterocycles. The first kappa shape index (κ1) is 18.0. The Morgan fingerprint density at radius 2 is 2.00 bits per heavy atom. The van der Waals surface area contributed by atoms with Crippen LogP contribution in [0.4, 0.5) is 13.2 Å². The molecule has 140 valence electrons. The van der Waals surface area contributed by atoms with Crippen molar-refractivity contribution in [2.45, 2.75) is 13.0 Å². The highest BCUT2D eigenvalue weighted by Crippen LogP contribution is 2.32. The van der Waals surface area contributed by atoms with E-state index in [0.717, 1.165) is 0 Å². The Morgan fingerprint density at radius 1 is 1.18 bits per heavy atom. The Morgan fingerprint density at radius 3 is 2.71 bits per heavy atom. The summed E-state index contributed by atoms with van der Waals surface area (Å²) in [6, 6.07) is 9.17. The number of hydrogen-bond acceptors (Lipinski definition) is 4. The number of rotatable bonds is 4. The van der Waals surface area contributed by atoms with Gasteiger partial charge < -0.3 is 4.57 Å². The predicted molar refractivity (Wildman–Crippen MR) is 95.3 cm³/mol. The first-order chi connectivity index (χ1) is 13.5. The molecule has 0 bridgehead atoms. The minimum atomic E-state index is -2.62. The molecule has 0 saturated carbocycles. The molecule has 0 radical (unpaired) electrons. The molecule has 10 heteroatoms. The van der Waals surface area contributed by atoms with Crippen LogP contribution in [-0.4, -0.2) is 30.6 Å². The van der Waals surface area contributed by atoms with Crippen LogP contribution in [0.5, 0.6) is 0 Å². The standard InChI is InChI=1S/C18H10ClF3N6/c19-12-5-10(1-2-13(12)20)17-18(27(9-25-17)8-15(21)22)14-3-4-16-24-7-11(6-23)28(16)26-14/h1-5,7,9,15H,8H2. The first-order valence-corrected chi connectivity index (χ1v) is 8.39. The molecular weight excluding hydrogens is 393 g/mol. The third-order valence-electron chi connectivity index (χ3n) is 4.08. The lowest BCUT2D eigenvalue weighted by Gasteiger charge is -2.10. The average Bonchev–Trinajstić information content (AvgIpc) is 3.26. The van der Waals surface area contributed by atoms with Gasteiger partial charge in [-0.25, -0.2) is 27.7 Å². The fourth-order valence-electron chi connectivity index (χ4n) is 2.87. The van der Waals surface area contributed by atoms with Crippen LogP contribution in [0, 0.1) is 17.1 Å². The Labute approximate surface area is 161 Å². The van der Waals surface area contributed by atoms with E-state index in [2.05, 4.69) is 15.1 Å². The minimum Gasteiger partial charge on any atom is -0.323 e. The van der Waals surface area contributed by atoms with E-state index >= 15 is 0 Å². The van der Waals surface area contributed by atoms with Crippen LogP contribution in [0.2, 0.25) is 5.02 Å². The molecule has 0 saturated heterocycles. The third-order valence-corrected chi connectivity index (χ3v) is 4.37. The van der Waals surface area contributed by atoms with Crippen molar-refractivity contribution in [3.05, 3.63) is 59.4 Å². The second-order valence-electron chi connectivity index (χ2n) is 5.86. The van der Waals surface area contributed by atoms with E-state index < -0.39 is 18.8 Å². The summed E-state index contributed by atoms with van der Waals surface area (Å²) in [5, 5.41) is 13.4. The zero-order chi connectivity index (χ0) is 19.8. The van der Waals surface area contributed by atoms with E-state index in [1.165, 1.54) is 39.8 Å². The summed E-state index contributed by atoms with van der Waals surface area (Å²) in [7, 11) is 0. The van der Waals surface area contributed by atoms with Crippen LogP contribution in [0.3, 0.4) is 0 Å². The van der Waals surface area contributed by atoms with Crippen LogP contribution in [-0.2, 0) is 6.54 Å². The first-order valence-electron chi connectivity index (χ1n) is 8.02. The molecule has 0 N–H and O–H groups in total. The van der Waals surface area contributed by atoms with Gasteiger partial charge in [0.1, 0.15) is 17.6 Å². The van der Waals surface area contributed by atoms with Crippen molar-refractivity contribution in [1.29, 1.82) is 5.26 Å². The summed E-state index contributed by atoms with van der Waals surface area (Å²) in [6.45, 7) is -0.605. The summed E-state index contributed by atoms with van der Waals surface area (Å²) < 4.78 is 42.2. The van der Waals surface area contributed by atoms with Gasteiger partial charge in [-0.3, -0.25) is 0 Å². The number of aromatic nitrogens is 5. The molecule has 0 atom stereocenters. The lowest BCUT2D eigenvalue weighted by molar-refractivity contribution is 0.127. The Hall–Kier alpha value is -3.38. The average molecular weight is 403 g/mol. The van der Waals surface area contributed by atoms with Gasteiger partial charge in [0.2, 0.25) is 0 Å². The van der Waals surface area contributed by atoms with Crippen LogP contribution in [0.15, 0.2) is 42.9 Å². The molecule has 4 aromatic rings. The predicted octanol–water partition coefficient (Wildman–Crippen LogP) is 4.19. The second kappa shape index (κ2) is 6.98. The number of imidazole rings is 2. The molecule has 28 heavy (non-hydrogen) atoms. The van der Waals surface area contributed by atoms with E-state index in [4.69, 9.17) is 11.6 Å². The van der Waals surface area contributed by atoms with Gasteiger partial charge >= 0.3 is 0 Å². The van der Waals surface area contributed by atoms with Crippen molar-refractivity contribution in [3.63, 3.8) is 0 Å². The molecule has 1 aromatic carbocycles. The van der Waals surface area contributed by atoms with Crippen molar-refractivity contribution in [2.75, 3.05) is 0 Å². The van der Waals surface area contributed by atoms with Gasteiger partial charge in [-0.05, 0) is 30.3 Å². The van der Waals surface area contributed by atoms with Crippen LogP contribution >= 0.6 is 11.6 Å². The summed E-state index contributed by atoms with van der Waals surface area (Å²) in [6.07, 6.45) is 0.00622.